The predicted molar refractivity (Wildman–Crippen MR) is 94.0 cm³/mol. The number of benzene rings is 2. The van der Waals surface area contributed by atoms with E-state index in [0.29, 0.717) is 34.5 Å². The molecule has 1 amide bonds. The Morgan fingerprint density at radius 2 is 1.92 bits per heavy atom. The van der Waals surface area contributed by atoms with Gasteiger partial charge in [-0.25, -0.2) is 0 Å². The molecule has 0 heterocycles. The molecule has 0 aliphatic heterocycles. The van der Waals surface area contributed by atoms with Crippen LogP contribution >= 0.6 is 0 Å². The number of hydrogen-bond acceptors (Lipinski definition) is 4. The monoisotopic (exact) mass is 325 g/mol. The summed E-state index contributed by atoms with van der Waals surface area (Å²) in [7, 11) is 0. The topological polar surface area (TPSA) is 96.1 Å². The predicted octanol–water partition coefficient (Wildman–Crippen LogP) is 4.32. The minimum Gasteiger partial charge on any atom is -0.322 e. The van der Waals surface area contributed by atoms with Crippen molar-refractivity contribution in [3.05, 3.63) is 69.3 Å². The van der Waals surface area contributed by atoms with Crippen LogP contribution in [0, 0.1) is 22.4 Å². The first-order chi connectivity index (χ1) is 11.4. The summed E-state index contributed by atoms with van der Waals surface area (Å²) in [6.45, 7) is 3.64. The Morgan fingerprint density at radius 1 is 1.21 bits per heavy atom. The molecular formula is C18H19N3O3. The van der Waals surface area contributed by atoms with Crippen molar-refractivity contribution in [2.45, 2.75) is 26.7 Å². The maximum atomic E-state index is 12.4. The van der Waals surface area contributed by atoms with Crippen LogP contribution in [0.3, 0.4) is 0 Å². The van der Waals surface area contributed by atoms with E-state index in [1.165, 1.54) is 6.07 Å². The standard InChI is InChI=1S/C18H19N3O3/c1-3-5-16(19)13-6-4-7-14(10-13)18(22)20-15-9-8-12(2)17(11-15)21(23)24/h4,6-11,19H,3,5H2,1-2H3,(H,20,22). The molecule has 0 saturated carbocycles. The van der Waals surface area contributed by atoms with Gasteiger partial charge in [-0.3, -0.25) is 14.9 Å². The number of carbonyl (C=O) groups is 1. The van der Waals surface area contributed by atoms with E-state index in [9.17, 15) is 14.9 Å². The van der Waals surface area contributed by atoms with Crippen LogP contribution in [0.2, 0.25) is 0 Å². The molecule has 0 atom stereocenters. The molecule has 0 bridgehead atoms. The van der Waals surface area contributed by atoms with Crippen LogP contribution in [0.5, 0.6) is 0 Å². The van der Waals surface area contributed by atoms with E-state index in [1.807, 2.05) is 6.92 Å². The first kappa shape index (κ1) is 17.3. The lowest BCUT2D eigenvalue weighted by molar-refractivity contribution is -0.385. The molecule has 2 aromatic carbocycles. The van der Waals surface area contributed by atoms with E-state index < -0.39 is 4.92 Å². The molecule has 124 valence electrons. The fraction of sp³-hybridized carbons (Fsp3) is 0.222. The molecule has 0 aliphatic rings. The van der Waals surface area contributed by atoms with Crippen molar-refractivity contribution in [3.63, 3.8) is 0 Å². The lowest BCUT2D eigenvalue weighted by Gasteiger charge is -2.08. The summed E-state index contributed by atoms with van der Waals surface area (Å²) in [5.41, 5.74) is 2.47. The SMILES string of the molecule is CCCC(=N)c1cccc(C(=O)Nc2ccc(C)c([N+](=O)[O-])c2)c1. The third kappa shape index (κ3) is 4.04. The van der Waals surface area contributed by atoms with Gasteiger partial charge in [0.05, 0.1) is 4.92 Å². The maximum absolute atomic E-state index is 12.4. The molecule has 0 aromatic heterocycles. The largest absolute Gasteiger partial charge is 0.322 e. The maximum Gasteiger partial charge on any atom is 0.274 e. The number of amides is 1. The summed E-state index contributed by atoms with van der Waals surface area (Å²) in [6, 6.07) is 11.4. The average Bonchev–Trinajstić information content (AvgIpc) is 2.56. The highest BCUT2D eigenvalue weighted by molar-refractivity contribution is 6.06. The van der Waals surface area contributed by atoms with E-state index in [0.717, 1.165) is 6.42 Å². The second kappa shape index (κ2) is 7.50. The van der Waals surface area contributed by atoms with Gasteiger partial charge in [0, 0.05) is 28.6 Å². The fourth-order valence-electron chi connectivity index (χ4n) is 2.33. The number of rotatable bonds is 6. The summed E-state index contributed by atoms with van der Waals surface area (Å²) in [5, 5.41) is 21.6. The van der Waals surface area contributed by atoms with Crippen molar-refractivity contribution in [3.8, 4) is 0 Å². The smallest absolute Gasteiger partial charge is 0.274 e. The summed E-state index contributed by atoms with van der Waals surface area (Å²) in [5.74, 6) is -0.362. The van der Waals surface area contributed by atoms with Gasteiger partial charge in [0.15, 0.2) is 0 Å². The number of nitrogens with zero attached hydrogens (tertiary/aromatic N) is 1. The Bertz CT molecular complexity index is 800. The molecule has 2 N–H and O–H groups in total. The van der Waals surface area contributed by atoms with Crippen LogP contribution in [0.1, 0.15) is 41.3 Å². The third-order valence-corrected chi connectivity index (χ3v) is 3.64. The molecule has 0 aliphatic carbocycles. The van der Waals surface area contributed by atoms with Gasteiger partial charge >= 0.3 is 0 Å². The van der Waals surface area contributed by atoms with Gasteiger partial charge < -0.3 is 10.7 Å². The van der Waals surface area contributed by atoms with Crippen LogP contribution < -0.4 is 5.32 Å². The van der Waals surface area contributed by atoms with E-state index in [-0.39, 0.29) is 11.6 Å². The van der Waals surface area contributed by atoms with Crippen molar-refractivity contribution in [1.29, 1.82) is 5.41 Å². The molecule has 0 fully saturated rings. The van der Waals surface area contributed by atoms with Crippen LogP contribution in [0.4, 0.5) is 11.4 Å². The zero-order chi connectivity index (χ0) is 17.7. The highest BCUT2D eigenvalue weighted by atomic mass is 16.6. The van der Waals surface area contributed by atoms with Crippen molar-refractivity contribution < 1.29 is 9.72 Å². The fourth-order valence-corrected chi connectivity index (χ4v) is 2.33. The summed E-state index contributed by atoms with van der Waals surface area (Å²) < 4.78 is 0. The molecule has 0 spiro atoms. The Kier molecular flexibility index (Phi) is 5.42. The van der Waals surface area contributed by atoms with Gasteiger partial charge in [-0.1, -0.05) is 31.5 Å². The van der Waals surface area contributed by atoms with Gasteiger partial charge in [0.1, 0.15) is 0 Å². The highest BCUT2D eigenvalue weighted by Crippen LogP contribution is 2.22. The molecule has 6 nitrogen and oxygen atoms in total. The lowest BCUT2D eigenvalue weighted by Crippen LogP contribution is -2.13. The Hall–Kier alpha value is -3.02. The average molecular weight is 325 g/mol. The van der Waals surface area contributed by atoms with Crippen LogP contribution in [0.15, 0.2) is 42.5 Å². The van der Waals surface area contributed by atoms with Gasteiger partial charge in [0.2, 0.25) is 0 Å². The second-order valence-corrected chi connectivity index (χ2v) is 5.52. The van der Waals surface area contributed by atoms with Gasteiger partial charge in [0.25, 0.3) is 11.6 Å². The minimum atomic E-state index is -0.475. The lowest BCUT2D eigenvalue weighted by atomic mass is 10.0. The number of carbonyl (C=O) groups excluding carboxylic acids is 1. The van der Waals surface area contributed by atoms with Crippen LogP contribution in [-0.4, -0.2) is 16.5 Å². The first-order valence-corrected chi connectivity index (χ1v) is 7.66. The highest BCUT2D eigenvalue weighted by Gasteiger charge is 2.13. The summed E-state index contributed by atoms with van der Waals surface area (Å²) in [4.78, 5) is 22.9. The molecule has 0 radical (unpaired) electrons. The normalized spacial score (nSPS) is 10.2. The minimum absolute atomic E-state index is 0.0359. The molecule has 24 heavy (non-hydrogen) atoms. The Labute approximate surface area is 140 Å². The van der Waals surface area contributed by atoms with Gasteiger partial charge in [-0.15, -0.1) is 0 Å². The van der Waals surface area contributed by atoms with Crippen LogP contribution in [0.25, 0.3) is 0 Å². The second-order valence-electron chi connectivity index (χ2n) is 5.52. The zero-order valence-electron chi connectivity index (χ0n) is 13.6. The number of nitro benzene ring substituents is 1. The Morgan fingerprint density at radius 3 is 2.58 bits per heavy atom. The number of aryl methyl sites for hydroxylation is 1. The molecular weight excluding hydrogens is 306 g/mol. The van der Waals surface area contributed by atoms with E-state index >= 15 is 0 Å². The number of hydrogen-bond donors (Lipinski definition) is 2. The van der Waals surface area contributed by atoms with Crippen LogP contribution in [-0.2, 0) is 0 Å². The number of nitro groups is 1. The van der Waals surface area contributed by atoms with Gasteiger partial charge in [-0.05, 0) is 37.1 Å². The van der Waals surface area contributed by atoms with Crippen molar-refractivity contribution in [2.24, 2.45) is 0 Å². The first-order valence-electron chi connectivity index (χ1n) is 7.66. The van der Waals surface area contributed by atoms with E-state index in [2.05, 4.69) is 5.32 Å². The summed E-state index contributed by atoms with van der Waals surface area (Å²) >= 11 is 0. The number of anilines is 1. The van der Waals surface area contributed by atoms with Crippen molar-refractivity contribution >= 4 is 23.0 Å². The van der Waals surface area contributed by atoms with E-state index in [4.69, 9.17) is 5.41 Å². The molecule has 0 saturated heterocycles. The van der Waals surface area contributed by atoms with Crippen molar-refractivity contribution in [1.82, 2.24) is 0 Å². The number of nitrogens with one attached hydrogen (secondary N) is 2. The summed E-state index contributed by atoms with van der Waals surface area (Å²) in [6.07, 6.45) is 1.51. The zero-order valence-corrected chi connectivity index (χ0v) is 13.6. The van der Waals surface area contributed by atoms with E-state index in [1.54, 1.807) is 43.3 Å². The quantitative estimate of drug-likeness (QED) is 0.470. The Balaban J connectivity index is 2.21. The molecule has 6 heteroatoms. The molecule has 2 aromatic rings. The van der Waals surface area contributed by atoms with Gasteiger partial charge in [-0.2, -0.15) is 0 Å². The molecule has 2 rings (SSSR count). The molecule has 0 unspecified atom stereocenters. The third-order valence-electron chi connectivity index (χ3n) is 3.64. The van der Waals surface area contributed by atoms with Crippen molar-refractivity contribution in [2.75, 3.05) is 5.32 Å².